The lowest BCUT2D eigenvalue weighted by Crippen LogP contribution is -2.00. The number of hydrogen-bond donors (Lipinski definition) is 1. The van der Waals surface area contributed by atoms with Crippen molar-refractivity contribution >= 4 is 16.9 Å². The molecule has 5 heteroatoms. The summed E-state index contributed by atoms with van der Waals surface area (Å²) in [5.74, 6) is -1.84. The first kappa shape index (κ1) is 11.5. The third-order valence-corrected chi connectivity index (χ3v) is 2.80. The van der Waals surface area contributed by atoms with Crippen molar-refractivity contribution in [2.75, 3.05) is 5.73 Å². The minimum Gasteiger partial charge on any atom is -0.382 e. The minimum absolute atomic E-state index is 0.00996. The van der Waals surface area contributed by atoms with Gasteiger partial charge < -0.3 is 5.73 Å². The molecule has 1 aromatic heterocycles. The number of nitrogen functional groups attached to an aromatic ring is 1. The Balaban J connectivity index is 2.30. The molecular weight excluding hydrogens is 248 g/mol. The van der Waals surface area contributed by atoms with Crippen LogP contribution in [0.15, 0.2) is 42.5 Å². The van der Waals surface area contributed by atoms with Crippen LogP contribution in [-0.2, 0) is 0 Å². The van der Waals surface area contributed by atoms with Crippen molar-refractivity contribution in [2.45, 2.75) is 0 Å². The maximum absolute atomic E-state index is 13.8. The van der Waals surface area contributed by atoms with E-state index in [1.54, 1.807) is 24.3 Å². The third-order valence-electron chi connectivity index (χ3n) is 2.80. The van der Waals surface area contributed by atoms with E-state index in [1.807, 2.05) is 0 Å². The summed E-state index contributed by atoms with van der Waals surface area (Å²) in [4.78, 5) is 8.40. The first-order valence-corrected chi connectivity index (χ1v) is 5.63. The molecule has 0 saturated heterocycles. The summed E-state index contributed by atoms with van der Waals surface area (Å²) in [5.41, 5.74) is 7.12. The van der Waals surface area contributed by atoms with Gasteiger partial charge in [0, 0.05) is 5.56 Å². The second-order valence-corrected chi connectivity index (χ2v) is 4.05. The van der Waals surface area contributed by atoms with Gasteiger partial charge >= 0.3 is 0 Å². The highest BCUT2D eigenvalue weighted by molar-refractivity contribution is 5.82. The Labute approximate surface area is 107 Å². The van der Waals surface area contributed by atoms with E-state index in [1.165, 1.54) is 12.1 Å². The molecule has 3 nitrogen and oxygen atoms in total. The number of nitrogens with two attached hydrogens (primary N) is 1. The van der Waals surface area contributed by atoms with Crippen LogP contribution in [0.1, 0.15) is 0 Å². The van der Waals surface area contributed by atoms with Crippen LogP contribution in [-0.4, -0.2) is 9.97 Å². The van der Waals surface area contributed by atoms with Gasteiger partial charge in [0.1, 0.15) is 5.69 Å². The van der Waals surface area contributed by atoms with Gasteiger partial charge in [-0.25, -0.2) is 18.7 Å². The van der Waals surface area contributed by atoms with Gasteiger partial charge in [-0.2, -0.15) is 0 Å². The van der Waals surface area contributed by atoms with Gasteiger partial charge in [-0.1, -0.05) is 18.2 Å². The number of para-hydroxylation sites is 2. The molecule has 3 aromatic rings. The first-order chi connectivity index (χ1) is 9.16. The van der Waals surface area contributed by atoms with Gasteiger partial charge in [-0.15, -0.1) is 0 Å². The molecule has 0 bridgehead atoms. The normalized spacial score (nSPS) is 10.8. The topological polar surface area (TPSA) is 51.8 Å². The Morgan fingerprint density at radius 1 is 0.842 bits per heavy atom. The van der Waals surface area contributed by atoms with E-state index in [9.17, 15) is 8.78 Å². The molecule has 0 aliphatic carbocycles. The monoisotopic (exact) mass is 257 g/mol. The number of nitrogens with zero attached hydrogens (tertiary/aromatic N) is 2. The Hall–Kier alpha value is -2.56. The zero-order chi connectivity index (χ0) is 13.4. The van der Waals surface area contributed by atoms with Crippen molar-refractivity contribution in [2.24, 2.45) is 0 Å². The average molecular weight is 257 g/mol. The number of hydrogen-bond acceptors (Lipinski definition) is 3. The fraction of sp³-hybridized carbons (Fsp3) is 0. The highest BCUT2D eigenvalue weighted by Gasteiger charge is 2.15. The molecule has 0 fully saturated rings. The van der Waals surface area contributed by atoms with E-state index in [0.717, 1.165) is 6.07 Å². The standard InChI is InChI=1S/C14H9F2N3/c15-9-5-3-4-8(12(9)16)13-14(17)19-11-7-2-1-6-10(11)18-13/h1-7H,(H2,17,19). The summed E-state index contributed by atoms with van der Waals surface area (Å²) >= 11 is 0. The van der Waals surface area contributed by atoms with E-state index in [-0.39, 0.29) is 17.1 Å². The molecule has 0 radical (unpaired) electrons. The fourth-order valence-corrected chi connectivity index (χ4v) is 1.90. The first-order valence-electron chi connectivity index (χ1n) is 5.63. The Kier molecular flexibility index (Phi) is 2.59. The Bertz CT molecular complexity index is 772. The van der Waals surface area contributed by atoms with Crippen LogP contribution in [0.2, 0.25) is 0 Å². The molecule has 1 heterocycles. The summed E-state index contributed by atoms with van der Waals surface area (Å²) in [6, 6.07) is 11.0. The van der Waals surface area contributed by atoms with E-state index in [0.29, 0.717) is 11.0 Å². The third kappa shape index (κ3) is 1.89. The zero-order valence-corrected chi connectivity index (χ0v) is 9.77. The lowest BCUT2D eigenvalue weighted by atomic mass is 10.1. The van der Waals surface area contributed by atoms with Crippen LogP contribution in [0.25, 0.3) is 22.3 Å². The van der Waals surface area contributed by atoms with Crippen LogP contribution < -0.4 is 5.73 Å². The molecule has 0 unspecified atom stereocenters. The van der Waals surface area contributed by atoms with Crippen molar-refractivity contribution in [1.82, 2.24) is 9.97 Å². The van der Waals surface area contributed by atoms with Crippen molar-refractivity contribution in [3.05, 3.63) is 54.1 Å². The molecule has 0 amide bonds. The SMILES string of the molecule is Nc1nc2ccccc2nc1-c1cccc(F)c1F. The number of fused-ring (bicyclic) bond motifs is 1. The van der Waals surface area contributed by atoms with Crippen molar-refractivity contribution in [3.8, 4) is 11.3 Å². The summed E-state index contributed by atoms with van der Waals surface area (Å²) < 4.78 is 27.0. The molecule has 0 aliphatic rings. The molecule has 0 atom stereocenters. The maximum atomic E-state index is 13.8. The Morgan fingerprint density at radius 2 is 1.53 bits per heavy atom. The van der Waals surface area contributed by atoms with Crippen LogP contribution in [0.4, 0.5) is 14.6 Å². The summed E-state index contributed by atoms with van der Waals surface area (Å²) in [6.07, 6.45) is 0. The fourth-order valence-electron chi connectivity index (χ4n) is 1.90. The largest absolute Gasteiger partial charge is 0.382 e. The summed E-state index contributed by atoms with van der Waals surface area (Å²) in [6.45, 7) is 0. The van der Waals surface area contributed by atoms with Gasteiger partial charge in [0.05, 0.1) is 11.0 Å². The van der Waals surface area contributed by atoms with Crippen LogP contribution >= 0.6 is 0 Å². The lowest BCUT2D eigenvalue weighted by Gasteiger charge is -2.07. The lowest BCUT2D eigenvalue weighted by molar-refractivity contribution is 0.511. The van der Waals surface area contributed by atoms with Gasteiger partial charge in [-0.05, 0) is 24.3 Å². The maximum Gasteiger partial charge on any atom is 0.168 e. The van der Waals surface area contributed by atoms with Gasteiger partial charge in [0.15, 0.2) is 17.5 Å². The van der Waals surface area contributed by atoms with Crippen molar-refractivity contribution < 1.29 is 8.78 Å². The molecule has 0 aliphatic heterocycles. The molecule has 2 N–H and O–H groups in total. The quantitative estimate of drug-likeness (QED) is 0.728. The number of anilines is 1. The predicted octanol–water partition coefficient (Wildman–Crippen LogP) is 3.16. The summed E-state index contributed by atoms with van der Waals surface area (Å²) in [5, 5.41) is 0. The van der Waals surface area contributed by atoms with Gasteiger partial charge in [0.2, 0.25) is 0 Å². The van der Waals surface area contributed by atoms with Crippen LogP contribution in [0.3, 0.4) is 0 Å². The second kappa shape index (κ2) is 4.28. The van der Waals surface area contributed by atoms with Gasteiger partial charge in [-0.3, -0.25) is 0 Å². The highest BCUT2D eigenvalue weighted by atomic mass is 19.2. The zero-order valence-electron chi connectivity index (χ0n) is 9.77. The molecule has 94 valence electrons. The smallest absolute Gasteiger partial charge is 0.168 e. The average Bonchev–Trinajstić information content (AvgIpc) is 2.41. The Morgan fingerprint density at radius 3 is 2.26 bits per heavy atom. The second-order valence-electron chi connectivity index (χ2n) is 4.05. The molecule has 0 spiro atoms. The predicted molar refractivity (Wildman–Crippen MR) is 69.3 cm³/mol. The van der Waals surface area contributed by atoms with E-state index < -0.39 is 11.6 Å². The van der Waals surface area contributed by atoms with E-state index >= 15 is 0 Å². The number of rotatable bonds is 1. The highest BCUT2D eigenvalue weighted by Crippen LogP contribution is 2.28. The van der Waals surface area contributed by atoms with Crippen LogP contribution in [0, 0.1) is 11.6 Å². The van der Waals surface area contributed by atoms with E-state index in [4.69, 9.17) is 5.73 Å². The van der Waals surface area contributed by atoms with Crippen molar-refractivity contribution in [3.63, 3.8) is 0 Å². The van der Waals surface area contributed by atoms with Gasteiger partial charge in [0.25, 0.3) is 0 Å². The minimum atomic E-state index is -0.973. The van der Waals surface area contributed by atoms with Crippen molar-refractivity contribution in [1.29, 1.82) is 0 Å². The molecule has 19 heavy (non-hydrogen) atoms. The van der Waals surface area contributed by atoms with E-state index in [2.05, 4.69) is 9.97 Å². The number of aromatic nitrogens is 2. The molecular formula is C14H9F2N3. The molecule has 2 aromatic carbocycles. The molecule has 3 rings (SSSR count). The summed E-state index contributed by atoms with van der Waals surface area (Å²) in [7, 11) is 0. The number of halogens is 2. The van der Waals surface area contributed by atoms with Crippen LogP contribution in [0.5, 0.6) is 0 Å². The number of benzene rings is 2. The molecule has 0 saturated carbocycles.